The average Bonchev–Trinajstić information content (AvgIpc) is 2.94. The summed E-state index contributed by atoms with van der Waals surface area (Å²) in [5.74, 6) is 0. The molecule has 4 rings (SSSR count). The summed E-state index contributed by atoms with van der Waals surface area (Å²) in [5.41, 5.74) is -0.137. The van der Waals surface area contributed by atoms with Gasteiger partial charge in [-0.05, 0) is 12.1 Å². The van der Waals surface area contributed by atoms with E-state index < -0.39 is 30.0 Å². The van der Waals surface area contributed by atoms with E-state index in [1.165, 1.54) is 0 Å². The molecule has 240 valence electrons. The quantitative estimate of drug-likeness (QED) is 0.288. The Balaban J connectivity index is 0.000000372. The smallest absolute Gasteiger partial charge is 0.205 e. The lowest BCUT2D eigenvalue weighted by Gasteiger charge is -2.37. The van der Waals surface area contributed by atoms with Gasteiger partial charge in [0.2, 0.25) is 16.8 Å². The predicted octanol–water partition coefficient (Wildman–Crippen LogP) is 8.86. The zero-order valence-corrected chi connectivity index (χ0v) is 30.8. The molecule has 2 saturated heterocycles. The van der Waals surface area contributed by atoms with Crippen molar-refractivity contribution in [3.05, 3.63) is 48.5 Å². The van der Waals surface area contributed by atoms with Crippen LogP contribution < -0.4 is 21.2 Å². The van der Waals surface area contributed by atoms with E-state index in [2.05, 4.69) is 39.8 Å². The van der Waals surface area contributed by atoms with Gasteiger partial charge in [-0.15, -0.1) is 0 Å². The number of hydrogen-bond acceptors (Lipinski definition) is 6. The highest BCUT2D eigenvalue weighted by atomic mass is 35.9. The summed E-state index contributed by atoms with van der Waals surface area (Å²) in [6, 6.07) is 15.6. The van der Waals surface area contributed by atoms with E-state index >= 15 is 0 Å². The van der Waals surface area contributed by atoms with Crippen molar-refractivity contribution in [1.29, 1.82) is 0 Å². The van der Waals surface area contributed by atoms with Gasteiger partial charge in [-0.2, -0.15) is 0 Å². The van der Waals surface area contributed by atoms with Crippen LogP contribution in [0.4, 0.5) is 0 Å². The molecule has 0 spiro atoms. The monoisotopic (exact) mass is 740 g/mol. The van der Waals surface area contributed by atoms with Gasteiger partial charge in [0.15, 0.2) is 0 Å². The van der Waals surface area contributed by atoms with E-state index in [1.54, 1.807) is 13.8 Å². The summed E-state index contributed by atoms with van der Waals surface area (Å²) in [7, 11) is -2.08. The predicted molar refractivity (Wildman–Crippen MR) is 189 cm³/mol. The molecular weight excluding hydrogens is 698 g/mol. The minimum Gasteiger partial charge on any atom is -0.396 e. The summed E-state index contributed by atoms with van der Waals surface area (Å²) in [4.78, 5) is 0. The van der Waals surface area contributed by atoms with Crippen LogP contribution in [0.5, 0.6) is 0 Å². The maximum absolute atomic E-state index is 8.43. The molecular formula is C28H44Cl4O6P4. The molecule has 42 heavy (non-hydrogen) atoms. The van der Waals surface area contributed by atoms with Gasteiger partial charge in [0.05, 0.1) is 39.6 Å². The Morgan fingerprint density at radius 3 is 1.19 bits per heavy atom. The van der Waals surface area contributed by atoms with Crippen molar-refractivity contribution in [3.63, 3.8) is 0 Å². The zero-order chi connectivity index (χ0) is 30.8. The summed E-state index contributed by atoms with van der Waals surface area (Å²) >= 11 is 23.1. The van der Waals surface area contributed by atoms with Gasteiger partial charge in [0.1, 0.15) is 13.3 Å². The molecule has 2 aromatic carbocycles. The summed E-state index contributed by atoms with van der Waals surface area (Å²) < 4.78 is 24.0. The van der Waals surface area contributed by atoms with Crippen molar-refractivity contribution >= 4 is 96.2 Å². The molecule has 2 aliphatic heterocycles. The van der Waals surface area contributed by atoms with Crippen LogP contribution in [0.2, 0.25) is 0 Å². The fraction of sp³-hybridized carbons (Fsp3) is 0.571. The first-order valence-electron chi connectivity index (χ1n) is 12.9. The largest absolute Gasteiger partial charge is 0.396 e. The molecule has 0 bridgehead atoms. The van der Waals surface area contributed by atoms with Gasteiger partial charge in [0.25, 0.3) is 0 Å². The molecule has 2 N–H and O–H groups in total. The van der Waals surface area contributed by atoms with E-state index in [9.17, 15) is 0 Å². The highest BCUT2D eigenvalue weighted by Crippen LogP contribution is 2.51. The van der Waals surface area contributed by atoms with Crippen LogP contribution in [0.3, 0.4) is 0 Å². The van der Waals surface area contributed by atoms with Crippen LogP contribution in [-0.2, 0) is 18.1 Å². The minimum atomic E-state index is -1.16. The third-order valence-corrected chi connectivity index (χ3v) is 12.7. The fourth-order valence-corrected chi connectivity index (χ4v) is 10.9. The summed E-state index contributed by atoms with van der Waals surface area (Å²) in [5, 5.41) is 20.8. The second-order valence-electron chi connectivity index (χ2n) is 11.9. The lowest BCUT2D eigenvalue weighted by molar-refractivity contribution is 0.0643. The molecule has 0 aromatic heterocycles. The number of aliphatic hydroxyl groups is 2. The van der Waals surface area contributed by atoms with Crippen molar-refractivity contribution in [2.24, 2.45) is 16.2 Å². The van der Waals surface area contributed by atoms with Crippen LogP contribution in [0.15, 0.2) is 48.5 Å². The lowest BCUT2D eigenvalue weighted by atomic mass is 9.97. The second kappa shape index (κ2) is 19.0. The Labute approximate surface area is 276 Å². The van der Waals surface area contributed by atoms with Crippen LogP contribution in [0.25, 0.3) is 0 Å². The summed E-state index contributed by atoms with van der Waals surface area (Å²) in [6.07, 6.45) is 0. The molecule has 2 aromatic rings. The molecule has 0 saturated carbocycles. The Hall–Kier alpha value is 1.08. The van der Waals surface area contributed by atoms with Gasteiger partial charge in [0, 0.05) is 37.5 Å². The van der Waals surface area contributed by atoms with Crippen molar-refractivity contribution in [2.75, 3.05) is 39.6 Å². The molecule has 0 unspecified atom stereocenters. The van der Waals surface area contributed by atoms with Gasteiger partial charge >= 0.3 is 0 Å². The molecule has 2 aliphatic rings. The maximum Gasteiger partial charge on any atom is 0.205 e. The highest BCUT2D eigenvalue weighted by Gasteiger charge is 2.35. The van der Waals surface area contributed by atoms with Gasteiger partial charge < -0.3 is 28.3 Å². The number of benzene rings is 2. The first kappa shape index (κ1) is 41.1. The van der Waals surface area contributed by atoms with Gasteiger partial charge in [-0.3, -0.25) is 0 Å². The fourth-order valence-electron chi connectivity index (χ4n) is 2.94. The van der Waals surface area contributed by atoms with Crippen molar-refractivity contribution < 1.29 is 28.3 Å². The Morgan fingerprint density at radius 2 is 0.952 bits per heavy atom. The third kappa shape index (κ3) is 13.8. The number of aliphatic hydroxyl groups excluding tert-OH is 2. The minimum absolute atomic E-state index is 0. The number of hydrogen-bond donors (Lipinski definition) is 2. The maximum atomic E-state index is 8.43. The molecule has 0 aliphatic carbocycles. The van der Waals surface area contributed by atoms with Crippen molar-refractivity contribution in [3.8, 4) is 0 Å². The highest BCUT2D eigenvalue weighted by molar-refractivity contribution is 8.13. The van der Waals surface area contributed by atoms with Crippen LogP contribution >= 0.6 is 75.0 Å². The molecule has 0 amide bonds. The van der Waals surface area contributed by atoms with E-state index in [1.807, 2.05) is 36.4 Å². The van der Waals surface area contributed by atoms with Crippen molar-refractivity contribution in [1.82, 2.24) is 0 Å². The van der Waals surface area contributed by atoms with E-state index in [0.717, 1.165) is 47.6 Å². The third-order valence-electron chi connectivity index (χ3n) is 5.67. The topological polar surface area (TPSA) is 77.4 Å². The number of rotatable bonds is 6. The standard InChI is InChI=1S/C16H24O4P2.C6H4Cl4P2.C5H12O2.CH4/c1-15(2)9-17-21(18-10-15)13-7-5-6-8-14(13)22-19-11-16(3,4)12-20-22;7-11(8)5-3-1-2-4-6(5)12(9)10;1-5(2,3-6)4-7;/h5-8H,9-12H2,1-4H3;1-4H;6-7H,3-4H2,1-2H3;1H4. The zero-order valence-electron chi connectivity index (χ0n) is 24.2. The van der Waals surface area contributed by atoms with E-state index in [4.69, 9.17) is 73.3 Å². The van der Waals surface area contributed by atoms with Crippen LogP contribution in [0, 0.1) is 16.2 Å². The summed E-state index contributed by atoms with van der Waals surface area (Å²) in [6.45, 7) is 12.9. The average molecular weight is 742 g/mol. The molecule has 0 radical (unpaired) electrons. The van der Waals surface area contributed by atoms with Gasteiger partial charge in [-0.1, -0.05) is 130 Å². The normalized spacial score (nSPS) is 18.8. The molecule has 2 fully saturated rings. The van der Waals surface area contributed by atoms with Gasteiger partial charge in [-0.25, -0.2) is 0 Å². The van der Waals surface area contributed by atoms with E-state index in [-0.39, 0.29) is 36.9 Å². The van der Waals surface area contributed by atoms with Crippen LogP contribution in [0.1, 0.15) is 49.0 Å². The van der Waals surface area contributed by atoms with Crippen LogP contribution in [-0.4, -0.2) is 49.9 Å². The Bertz CT molecular complexity index is 978. The first-order valence-corrected chi connectivity index (χ1v) is 21.5. The number of halogens is 4. The molecule has 14 heteroatoms. The Morgan fingerprint density at radius 1 is 0.667 bits per heavy atom. The molecule has 0 atom stereocenters. The Kier molecular flexibility index (Phi) is 18.6. The molecule has 6 nitrogen and oxygen atoms in total. The van der Waals surface area contributed by atoms with Crippen molar-refractivity contribution in [2.45, 2.75) is 49.0 Å². The second-order valence-corrected chi connectivity index (χ2v) is 21.9. The van der Waals surface area contributed by atoms with E-state index in [0.29, 0.717) is 0 Å². The first-order chi connectivity index (χ1) is 19.1. The SMILES string of the molecule is C.CC(C)(CO)CO.CC1(C)COP(c2ccccc2P2OCC(C)(C)CO2)OC1.ClP(Cl)c1ccccc1P(Cl)Cl. The molecule has 2 heterocycles. The lowest BCUT2D eigenvalue weighted by Crippen LogP contribution is -2.36.